The molecule has 0 radical (unpaired) electrons. The van der Waals surface area contributed by atoms with Gasteiger partial charge >= 0.3 is 0 Å². The van der Waals surface area contributed by atoms with Crippen LogP contribution in [0.3, 0.4) is 0 Å². The molecule has 2 heterocycles. The number of hydrogen-bond acceptors (Lipinski definition) is 2. The molecule has 0 aromatic carbocycles. The maximum Gasteiger partial charge on any atom is 0.109 e. The predicted octanol–water partition coefficient (Wildman–Crippen LogP) is 2.04. The molecular formula is C10H16BrN3. The van der Waals surface area contributed by atoms with Crippen LogP contribution >= 0.6 is 15.9 Å². The third-order valence-electron chi connectivity index (χ3n) is 2.71. The molecule has 4 heteroatoms. The molecule has 1 aliphatic heterocycles. The topological polar surface area (TPSA) is 43.8 Å². The van der Waals surface area contributed by atoms with Crippen molar-refractivity contribution in [1.29, 1.82) is 0 Å². The van der Waals surface area contributed by atoms with Crippen molar-refractivity contribution >= 4 is 15.9 Å². The molecule has 14 heavy (non-hydrogen) atoms. The number of nitrogens with two attached hydrogens (primary N) is 1. The van der Waals surface area contributed by atoms with Crippen LogP contribution in [0.2, 0.25) is 0 Å². The van der Waals surface area contributed by atoms with E-state index in [2.05, 4.69) is 39.3 Å². The minimum atomic E-state index is 0.285. The van der Waals surface area contributed by atoms with E-state index >= 15 is 0 Å². The highest BCUT2D eigenvalue weighted by Gasteiger charge is 2.22. The molecule has 2 rings (SSSR count). The number of rotatable bonds is 1. The molecule has 2 N–H and O–H groups in total. The van der Waals surface area contributed by atoms with Gasteiger partial charge in [0.05, 0.1) is 5.69 Å². The number of imidazole rings is 1. The van der Waals surface area contributed by atoms with Crippen LogP contribution in [-0.2, 0) is 13.0 Å². The Balaban J connectivity index is 2.41. The zero-order valence-corrected chi connectivity index (χ0v) is 10.2. The van der Waals surface area contributed by atoms with Gasteiger partial charge in [-0.25, -0.2) is 4.98 Å². The SMILES string of the molecule is CC(C)c1nc2n(c1Br)CC(N)CC2. The summed E-state index contributed by atoms with van der Waals surface area (Å²) in [6, 6.07) is 0.285. The Morgan fingerprint density at radius 1 is 1.57 bits per heavy atom. The van der Waals surface area contributed by atoms with Crippen molar-refractivity contribution in [3.05, 3.63) is 16.1 Å². The highest BCUT2D eigenvalue weighted by Crippen LogP contribution is 2.28. The maximum atomic E-state index is 5.93. The normalized spacial score (nSPS) is 21.4. The van der Waals surface area contributed by atoms with Gasteiger partial charge in [0.25, 0.3) is 0 Å². The van der Waals surface area contributed by atoms with Gasteiger partial charge in [-0.2, -0.15) is 0 Å². The summed E-state index contributed by atoms with van der Waals surface area (Å²) in [5, 5.41) is 0. The standard InChI is InChI=1S/C10H16BrN3/c1-6(2)9-10(11)14-5-7(12)3-4-8(14)13-9/h6-7H,3-5,12H2,1-2H3. The largest absolute Gasteiger partial charge is 0.326 e. The number of fused-ring (bicyclic) bond motifs is 1. The molecule has 3 nitrogen and oxygen atoms in total. The van der Waals surface area contributed by atoms with Crippen LogP contribution in [-0.4, -0.2) is 15.6 Å². The fraction of sp³-hybridized carbons (Fsp3) is 0.700. The van der Waals surface area contributed by atoms with E-state index in [1.54, 1.807) is 0 Å². The van der Waals surface area contributed by atoms with Crippen LogP contribution in [0.4, 0.5) is 0 Å². The lowest BCUT2D eigenvalue weighted by Crippen LogP contribution is -2.32. The molecule has 78 valence electrons. The lowest BCUT2D eigenvalue weighted by molar-refractivity contribution is 0.449. The van der Waals surface area contributed by atoms with Gasteiger partial charge in [0.15, 0.2) is 0 Å². The second-order valence-electron chi connectivity index (χ2n) is 4.27. The molecule has 1 aromatic heterocycles. The summed E-state index contributed by atoms with van der Waals surface area (Å²) in [5.74, 6) is 1.65. The van der Waals surface area contributed by atoms with Gasteiger partial charge in [-0.15, -0.1) is 0 Å². The average molecular weight is 258 g/mol. The van der Waals surface area contributed by atoms with Gasteiger partial charge in [0.2, 0.25) is 0 Å². The van der Waals surface area contributed by atoms with Crippen molar-refractivity contribution < 1.29 is 0 Å². The number of aromatic nitrogens is 2. The van der Waals surface area contributed by atoms with Gasteiger partial charge in [-0.05, 0) is 28.3 Å². The first-order valence-electron chi connectivity index (χ1n) is 5.10. The molecule has 0 saturated carbocycles. The molecular weight excluding hydrogens is 242 g/mol. The third-order valence-corrected chi connectivity index (χ3v) is 3.55. The van der Waals surface area contributed by atoms with Crippen molar-refractivity contribution in [3.63, 3.8) is 0 Å². The van der Waals surface area contributed by atoms with Crippen LogP contribution in [0.25, 0.3) is 0 Å². The zero-order chi connectivity index (χ0) is 10.3. The van der Waals surface area contributed by atoms with E-state index in [1.165, 1.54) is 5.82 Å². The van der Waals surface area contributed by atoms with Crippen molar-refractivity contribution in [2.24, 2.45) is 5.73 Å². The van der Waals surface area contributed by atoms with E-state index in [0.29, 0.717) is 5.92 Å². The summed E-state index contributed by atoms with van der Waals surface area (Å²) < 4.78 is 3.33. The summed E-state index contributed by atoms with van der Waals surface area (Å²) in [6.45, 7) is 5.23. The minimum absolute atomic E-state index is 0.285. The first-order chi connectivity index (χ1) is 6.59. The molecule has 0 aliphatic carbocycles. The number of nitrogens with zero attached hydrogens (tertiary/aromatic N) is 2. The molecule has 1 unspecified atom stereocenters. The second kappa shape index (κ2) is 3.66. The van der Waals surface area contributed by atoms with Crippen molar-refractivity contribution in [2.75, 3.05) is 0 Å². The third kappa shape index (κ3) is 1.61. The van der Waals surface area contributed by atoms with E-state index < -0.39 is 0 Å². The Bertz CT molecular complexity index is 343. The van der Waals surface area contributed by atoms with Gasteiger partial charge < -0.3 is 10.3 Å². The lowest BCUT2D eigenvalue weighted by atomic mass is 10.1. The van der Waals surface area contributed by atoms with Gasteiger partial charge in [-0.3, -0.25) is 0 Å². The van der Waals surface area contributed by atoms with E-state index in [9.17, 15) is 0 Å². The van der Waals surface area contributed by atoms with E-state index in [-0.39, 0.29) is 6.04 Å². The Labute approximate surface area is 92.8 Å². The maximum absolute atomic E-state index is 5.93. The van der Waals surface area contributed by atoms with Crippen LogP contribution in [0.15, 0.2) is 4.60 Å². The molecule has 0 fully saturated rings. The Morgan fingerprint density at radius 3 is 2.93 bits per heavy atom. The number of hydrogen-bond donors (Lipinski definition) is 1. The smallest absolute Gasteiger partial charge is 0.109 e. The summed E-state index contributed by atoms with van der Waals surface area (Å²) in [4.78, 5) is 4.64. The summed E-state index contributed by atoms with van der Waals surface area (Å²) >= 11 is 3.61. The monoisotopic (exact) mass is 257 g/mol. The number of halogens is 1. The summed E-state index contributed by atoms with van der Waals surface area (Å²) in [7, 11) is 0. The van der Waals surface area contributed by atoms with Crippen molar-refractivity contribution in [1.82, 2.24) is 9.55 Å². The van der Waals surface area contributed by atoms with E-state index in [0.717, 1.165) is 29.7 Å². The lowest BCUT2D eigenvalue weighted by Gasteiger charge is -2.20. The first-order valence-corrected chi connectivity index (χ1v) is 5.89. The fourth-order valence-electron chi connectivity index (χ4n) is 1.88. The summed E-state index contributed by atoms with van der Waals surface area (Å²) in [5.41, 5.74) is 7.10. The Hall–Kier alpha value is -0.350. The highest BCUT2D eigenvalue weighted by molar-refractivity contribution is 9.10. The zero-order valence-electron chi connectivity index (χ0n) is 8.63. The van der Waals surface area contributed by atoms with Gasteiger partial charge in [0, 0.05) is 19.0 Å². The summed E-state index contributed by atoms with van der Waals surface area (Å²) in [6.07, 6.45) is 2.06. The first kappa shape index (κ1) is 10.2. The molecule has 1 atom stereocenters. The van der Waals surface area contributed by atoms with Crippen LogP contribution in [0.5, 0.6) is 0 Å². The molecule has 0 saturated heterocycles. The molecule has 0 spiro atoms. The minimum Gasteiger partial charge on any atom is -0.326 e. The fourth-order valence-corrected chi connectivity index (χ4v) is 2.78. The van der Waals surface area contributed by atoms with E-state index in [4.69, 9.17) is 5.73 Å². The second-order valence-corrected chi connectivity index (χ2v) is 5.02. The average Bonchev–Trinajstić information content (AvgIpc) is 2.44. The van der Waals surface area contributed by atoms with Crippen LogP contribution in [0, 0.1) is 0 Å². The van der Waals surface area contributed by atoms with Crippen LogP contribution < -0.4 is 5.73 Å². The molecule has 0 amide bonds. The van der Waals surface area contributed by atoms with E-state index in [1.807, 2.05) is 0 Å². The van der Waals surface area contributed by atoms with Crippen molar-refractivity contribution in [2.45, 2.75) is 45.2 Å². The van der Waals surface area contributed by atoms with Gasteiger partial charge in [0.1, 0.15) is 10.4 Å². The quantitative estimate of drug-likeness (QED) is 0.837. The number of aryl methyl sites for hydroxylation is 1. The van der Waals surface area contributed by atoms with Crippen LogP contribution in [0.1, 0.15) is 37.7 Å². The Morgan fingerprint density at radius 2 is 2.29 bits per heavy atom. The Kier molecular flexibility index (Phi) is 2.66. The van der Waals surface area contributed by atoms with Gasteiger partial charge in [-0.1, -0.05) is 13.8 Å². The molecule has 0 bridgehead atoms. The molecule has 1 aromatic rings. The predicted molar refractivity (Wildman–Crippen MR) is 60.3 cm³/mol. The highest BCUT2D eigenvalue weighted by atomic mass is 79.9. The molecule has 1 aliphatic rings. The van der Waals surface area contributed by atoms with Crippen molar-refractivity contribution in [3.8, 4) is 0 Å².